The van der Waals surface area contributed by atoms with Gasteiger partial charge in [0.15, 0.2) is 0 Å². The molecule has 0 aliphatic heterocycles. The first-order chi connectivity index (χ1) is 9.56. The summed E-state index contributed by atoms with van der Waals surface area (Å²) in [5, 5.41) is 7.06. The molecule has 0 saturated heterocycles. The van der Waals surface area contributed by atoms with Crippen LogP contribution in [0.15, 0.2) is 36.7 Å². The maximum atomic E-state index is 12.1. The van der Waals surface area contributed by atoms with Gasteiger partial charge in [0, 0.05) is 37.5 Å². The van der Waals surface area contributed by atoms with Gasteiger partial charge in [-0.3, -0.25) is 9.48 Å². The van der Waals surface area contributed by atoms with Crippen LogP contribution in [0.2, 0.25) is 0 Å². The minimum Gasteiger partial charge on any atom is -0.351 e. The number of nitrogens with zero attached hydrogens (tertiary/aromatic N) is 3. The molecule has 2 rings (SSSR count). The fourth-order valence-corrected chi connectivity index (χ4v) is 1.91. The quantitative estimate of drug-likeness (QED) is 0.894. The Kier molecular flexibility index (Phi) is 4.53. The highest BCUT2D eigenvalue weighted by Gasteiger charge is 2.07. The van der Waals surface area contributed by atoms with E-state index in [-0.39, 0.29) is 5.91 Å². The number of hydrogen-bond donors (Lipinski definition) is 1. The Balaban J connectivity index is 2.07. The summed E-state index contributed by atoms with van der Waals surface area (Å²) in [6.07, 6.45) is 3.73. The molecule has 0 unspecified atom stereocenters. The van der Waals surface area contributed by atoms with Crippen LogP contribution in [-0.2, 0) is 7.05 Å². The number of rotatable bonds is 5. The molecule has 0 bridgehead atoms. The Bertz CT molecular complexity index is 589. The number of amides is 1. The van der Waals surface area contributed by atoms with Crippen molar-refractivity contribution in [3.8, 4) is 11.1 Å². The Morgan fingerprint density at radius 3 is 2.80 bits per heavy atom. The van der Waals surface area contributed by atoms with Crippen LogP contribution >= 0.6 is 0 Å². The summed E-state index contributed by atoms with van der Waals surface area (Å²) in [5.74, 6) is -0.0439. The van der Waals surface area contributed by atoms with Crippen molar-refractivity contribution in [3.05, 3.63) is 42.2 Å². The van der Waals surface area contributed by atoms with E-state index in [1.807, 2.05) is 56.5 Å². The zero-order valence-electron chi connectivity index (χ0n) is 12.1. The molecule has 1 amide bonds. The molecule has 5 nitrogen and oxygen atoms in total. The third kappa shape index (κ3) is 3.68. The number of likely N-dealkylation sites (N-methyl/N-ethyl adjacent to an activating group) is 1. The maximum Gasteiger partial charge on any atom is 0.251 e. The number of carbonyl (C=O) groups excluding carboxylic acids is 1. The van der Waals surface area contributed by atoms with E-state index >= 15 is 0 Å². The first-order valence-electron chi connectivity index (χ1n) is 6.58. The van der Waals surface area contributed by atoms with E-state index in [1.165, 1.54) is 0 Å². The van der Waals surface area contributed by atoms with Crippen molar-refractivity contribution in [1.82, 2.24) is 20.0 Å². The van der Waals surface area contributed by atoms with Gasteiger partial charge in [0.25, 0.3) is 5.91 Å². The number of nitrogens with one attached hydrogen (secondary N) is 1. The minimum absolute atomic E-state index is 0.0439. The lowest BCUT2D eigenvalue weighted by Crippen LogP contribution is -2.31. The highest BCUT2D eigenvalue weighted by atomic mass is 16.1. The Morgan fingerprint density at radius 1 is 1.35 bits per heavy atom. The second-order valence-electron chi connectivity index (χ2n) is 5.04. The molecule has 1 aromatic carbocycles. The molecule has 0 aliphatic rings. The molecule has 0 atom stereocenters. The highest BCUT2D eigenvalue weighted by Crippen LogP contribution is 2.19. The molecule has 0 aliphatic carbocycles. The average Bonchev–Trinajstić information content (AvgIpc) is 2.85. The van der Waals surface area contributed by atoms with Crippen molar-refractivity contribution in [2.75, 3.05) is 27.2 Å². The zero-order chi connectivity index (χ0) is 14.5. The van der Waals surface area contributed by atoms with E-state index in [2.05, 4.69) is 10.4 Å². The summed E-state index contributed by atoms with van der Waals surface area (Å²) in [7, 11) is 5.84. The van der Waals surface area contributed by atoms with E-state index in [1.54, 1.807) is 10.9 Å². The topological polar surface area (TPSA) is 50.2 Å². The van der Waals surface area contributed by atoms with Gasteiger partial charge in [0.2, 0.25) is 0 Å². The Hall–Kier alpha value is -2.14. The van der Waals surface area contributed by atoms with Crippen molar-refractivity contribution in [3.63, 3.8) is 0 Å². The molecule has 20 heavy (non-hydrogen) atoms. The van der Waals surface area contributed by atoms with Gasteiger partial charge in [-0.25, -0.2) is 0 Å². The van der Waals surface area contributed by atoms with E-state index in [4.69, 9.17) is 0 Å². The molecule has 0 spiro atoms. The fraction of sp³-hybridized carbons (Fsp3) is 0.333. The summed E-state index contributed by atoms with van der Waals surface area (Å²) >= 11 is 0. The molecule has 106 valence electrons. The predicted molar refractivity (Wildman–Crippen MR) is 79.5 cm³/mol. The summed E-state index contributed by atoms with van der Waals surface area (Å²) < 4.78 is 1.75. The molecular weight excluding hydrogens is 252 g/mol. The lowest BCUT2D eigenvalue weighted by Gasteiger charge is -2.10. The minimum atomic E-state index is -0.0439. The monoisotopic (exact) mass is 272 g/mol. The molecule has 0 radical (unpaired) electrons. The van der Waals surface area contributed by atoms with Crippen molar-refractivity contribution in [1.29, 1.82) is 0 Å². The number of benzene rings is 1. The normalized spacial score (nSPS) is 10.8. The summed E-state index contributed by atoms with van der Waals surface area (Å²) in [6, 6.07) is 7.59. The maximum absolute atomic E-state index is 12.1. The van der Waals surface area contributed by atoms with Crippen LogP contribution in [0.25, 0.3) is 11.1 Å². The van der Waals surface area contributed by atoms with E-state index in [0.29, 0.717) is 12.1 Å². The van der Waals surface area contributed by atoms with Crippen LogP contribution in [0, 0.1) is 0 Å². The van der Waals surface area contributed by atoms with Gasteiger partial charge in [-0.1, -0.05) is 12.1 Å². The summed E-state index contributed by atoms with van der Waals surface area (Å²) in [5.41, 5.74) is 2.68. The number of carbonyl (C=O) groups is 1. The Morgan fingerprint density at radius 2 is 2.15 bits per heavy atom. The number of aryl methyl sites for hydroxylation is 1. The third-order valence-corrected chi connectivity index (χ3v) is 3.01. The van der Waals surface area contributed by atoms with Gasteiger partial charge in [-0.05, 0) is 31.8 Å². The van der Waals surface area contributed by atoms with Gasteiger partial charge >= 0.3 is 0 Å². The van der Waals surface area contributed by atoms with Gasteiger partial charge in [-0.2, -0.15) is 5.10 Å². The van der Waals surface area contributed by atoms with Crippen molar-refractivity contribution in [2.45, 2.75) is 0 Å². The van der Waals surface area contributed by atoms with Crippen LogP contribution in [-0.4, -0.2) is 47.8 Å². The smallest absolute Gasteiger partial charge is 0.251 e. The van der Waals surface area contributed by atoms with Crippen LogP contribution in [0.3, 0.4) is 0 Å². The molecular formula is C15H20N4O. The standard InChI is InChI=1S/C15H20N4O/c1-18(2)8-7-16-15(20)13-6-4-5-12(9-13)14-10-17-19(3)11-14/h4-6,9-11H,7-8H2,1-3H3,(H,16,20). The molecule has 1 heterocycles. The first kappa shape index (κ1) is 14.3. The molecule has 1 N–H and O–H groups in total. The highest BCUT2D eigenvalue weighted by molar-refractivity contribution is 5.95. The van der Waals surface area contributed by atoms with E-state index in [9.17, 15) is 4.79 Å². The van der Waals surface area contributed by atoms with Crippen molar-refractivity contribution < 1.29 is 4.79 Å². The fourth-order valence-electron chi connectivity index (χ4n) is 1.91. The van der Waals surface area contributed by atoms with E-state index < -0.39 is 0 Å². The van der Waals surface area contributed by atoms with Gasteiger partial charge in [0.05, 0.1) is 6.20 Å². The first-order valence-corrected chi connectivity index (χ1v) is 6.58. The van der Waals surface area contributed by atoms with Crippen LogP contribution in [0.4, 0.5) is 0 Å². The molecule has 5 heteroatoms. The molecule has 0 saturated carbocycles. The van der Waals surface area contributed by atoms with E-state index in [0.717, 1.165) is 17.7 Å². The number of hydrogen-bond acceptors (Lipinski definition) is 3. The third-order valence-electron chi connectivity index (χ3n) is 3.01. The zero-order valence-corrected chi connectivity index (χ0v) is 12.1. The molecule has 1 aromatic heterocycles. The van der Waals surface area contributed by atoms with Crippen molar-refractivity contribution in [2.24, 2.45) is 7.05 Å². The van der Waals surface area contributed by atoms with Crippen LogP contribution in [0.5, 0.6) is 0 Å². The molecule has 0 fully saturated rings. The lowest BCUT2D eigenvalue weighted by atomic mass is 10.1. The number of aromatic nitrogens is 2. The second kappa shape index (κ2) is 6.34. The van der Waals surface area contributed by atoms with Crippen LogP contribution in [0.1, 0.15) is 10.4 Å². The second-order valence-corrected chi connectivity index (χ2v) is 5.04. The SMILES string of the molecule is CN(C)CCNC(=O)c1cccc(-c2cnn(C)c2)c1. The predicted octanol–water partition coefficient (Wildman–Crippen LogP) is 1.38. The van der Waals surface area contributed by atoms with Crippen LogP contribution < -0.4 is 5.32 Å². The van der Waals surface area contributed by atoms with Gasteiger partial charge in [0.1, 0.15) is 0 Å². The Labute approximate surface area is 119 Å². The lowest BCUT2D eigenvalue weighted by molar-refractivity contribution is 0.0951. The largest absolute Gasteiger partial charge is 0.351 e. The average molecular weight is 272 g/mol. The summed E-state index contributed by atoms with van der Waals surface area (Å²) in [4.78, 5) is 14.1. The summed E-state index contributed by atoms with van der Waals surface area (Å²) in [6.45, 7) is 1.47. The van der Waals surface area contributed by atoms with Gasteiger partial charge < -0.3 is 10.2 Å². The van der Waals surface area contributed by atoms with Crippen molar-refractivity contribution >= 4 is 5.91 Å². The molecule has 2 aromatic rings. The van der Waals surface area contributed by atoms with Gasteiger partial charge in [-0.15, -0.1) is 0 Å².